The maximum Gasteiger partial charge on any atom is 0.252 e. The number of carbonyl (C=O) groups excluding carboxylic acids is 1. The van der Waals surface area contributed by atoms with Crippen LogP contribution >= 0.6 is 11.3 Å². The van der Waals surface area contributed by atoms with Crippen LogP contribution in [0.1, 0.15) is 29.6 Å². The molecule has 126 valence electrons. The highest BCUT2D eigenvalue weighted by Crippen LogP contribution is 2.66. The summed E-state index contributed by atoms with van der Waals surface area (Å²) in [6, 6.07) is 13.7. The maximum absolute atomic E-state index is 13.0. The highest BCUT2D eigenvalue weighted by molar-refractivity contribution is 7.13. The Morgan fingerprint density at radius 2 is 2.00 bits per heavy atom. The van der Waals surface area contributed by atoms with Crippen LogP contribution in [0.4, 0.5) is 0 Å². The Hall–Kier alpha value is -2.24. The Labute approximate surface area is 149 Å². The van der Waals surface area contributed by atoms with Gasteiger partial charge in [-0.05, 0) is 42.8 Å². The number of para-hydroxylation sites is 1. The summed E-state index contributed by atoms with van der Waals surface area (Å²) in [5.41, 5.74) is 2.33. The molecule has 5 heteroatoms. The van der Waals surface area contributed by atoms with Gasteiger partial charge in [-0.2, -0.15) is 0 Å². The molecule has 0 saturated heterocycles. The minimum Gasteiger partial charge on any atom is -0.396 e. The number of aliphatic hydroxyl groups is 1. The summed E-state index contributed by atoms with van der Waals surface area (Å²) in [7, 11) is 0. The molecule has 0 atom stereocenters. The number of aromatic nitrogens is 1. The van der Waals surface area contributed by atoms with E-state index in [1.54, 1.807) is 11.3 Å². The van der Waals surface area contributed by atoms with Crippen LogP contribution in [-0.4, -0.2) is 28.1 Å². The second kappa shape index (κ2) is 5.13. The number of benzene rings is 1. The van der Waals surface area contributed by atoms with Crippen molar-refractivity contribution in [3.8, 4) is 10.6 Å². The number of carbonyl (C=O) groups is 1. The normalized spacial score (nSPS) is 26.8. The molecule has 3 aliphatic carbocycles. The summed E-state index contributed by atoms with van der Waals surface area (Å²) < 4.78 is 0. The van der Waals surface area contributed by atoms with Crippen LogP contribution in [0.15, 0.2) is 47.8 Å². The molecule has 0 radical (unpaired) electrons. The lowest BCUT2D eigenvalue weighted by Gasteiger charge is -2.70. The first kappa shape index (κ1) is 15.0. The maximum atomic E-state index is 13.0. The standard InChI is InChI=1S/C20H18N2O2S/c23-12-19-9-20(10-19,11-19)22-18(24)14-8-16(17-6-3-7-25-17)21-15-5-2-1-4-13(14)15/h1-8,23H,9-12H2,(H,22,24). The number of amides is 1. The molecule has 6 rings (SSSR count). The molecule has 3 aromatic rings. The molecule has 0 unspecified atom stereocenters. The number of thiophene rings is 1. The van der Waals surface area contributed by atoms with Gasteiger partial charge in [-0.3, -0.25) is 4.79 Å². The predicted octanol–water partition coefficient (Wildman–Crippen LogP) is 3.61. The third-order valence-electron chi connectivity index (χ3n) is 5.59. The van der Waals surface area contributed by atoms with E-state index in [-0.39, 0.29) is 23.5 Å². The molecular formula is C20H18N2O2S. The third kappa shape index (κ3) is 2.23. The van der Waals surface area contributed by atoms with Crippen LogP contribution in [0.5, 0.6) is 0 Å². The summed E-state index contributed by atoms with van der Waals surface area (Å²) in [4.78, 5) is 18.8. The molecule has 2 bridgehead atoms. The van der Waals surface area contributed by atoms with E-state index in [4.69, 9.17) is 4.98 Å². The number of rotatable bonds is 4. The highest BCUT2D eigenvalue weighted by Gasteiger charge is 2.68. The van der Waals surface area contributed by atoms with Gasteiger partial charge in [0.15, 0.2) is 0 Å². The van der Waals surface area contributed by atoms with Crippen LogP contribution in [0.25, 0.3) is 21.5 Å². The zero-order chi connectivity index (χ0) is 17.1. The first-order chi connectivity index (χ1) is 12.1. The summed E-state index contributed by atoms with van der Waals surface area (Å²) in [5.74, 6) is -0.0392. The minimum atomic E-state index is -0.104. The van der Waals surface area contributed by atoms with Gasteiger partial charge in [0.05, 0.1) is 21.7 Å². The molecular weight excluding hydrogens is 332 g/mol. The van der Waals surface area contributed by atoms with Crippen molar-refractivity contribution >= 4 is 28.1 Å². The second-order valence-corrected chi connectivity index (χ2v) is 8.42. The number of hydrogen-bond donors (Lipinski definition) is 2. The predicted molar refractivity (Wildman–Crippen MR) is 98.6 cm³/mol. The number of fused-ring (bicyclic) bond motifs is 1. The van der Waals surface area contributed by atoms with Crippen molar-refractivity contribution in [1.29, 1.82) is 0 Å². The Bertz CT molecular complexity index is 961. The molecule has 1 amide bonds. The van der Waals surface area contributed by atoms with Crippen molar-refractivity contribution in [2.45, 2.75) is 24.8 Å². The van der Waals surface area contributed by atoms with E-state index in [9.17, 15) is 9.90 Å². The van der Waals surface area contributed by atoms with Gasteiger partial charge in [-0.1, -0.05) is 24.3 Å². The van der Waals surface area contributed by atoms with Gasteiger partial charge in [0.2, 0.25) is 0 Å². The van der Waals surface area contributed by atoms with Gasteiger partial charge in [0.25, 0.3) is 5.91 Å². The Morgan fingerprint density at radius 1 is 1.20 bits per heavy atom. The average Bonchev–Trinajstić information content (AvgIpc) is 3.10. The van der Waals surface area contributed by atoms with E-state index in [0.29, 0.717) is 5.56 Å². The van der Waals surface area contributed by atoms with Crippen molar-refractivity contribution in [2.24, 2.45) is 5.41 Å². The summed E-state index contributed by atoms with van der Waals surface area (Å²) in [6.45, 7) is 0.228. The van der Waals surface area contributed by atoms with Crippen molar-refractivity contribution in [1.82, 2.24) is 10.3 Å². The Kier molecular flexibility index (Phi) is 3.09. The smallest absolute Gasteiger partial charge is 0.252 e. The van der Waals surface area contributed by atoms with Crippen molar-refractivity contribution in [3.05, 3.63) is 53.4 Å². The van der Waals surface area contributed by atoms with E-state index in [1.165, 1.54) is 0 Å². The van der Waals surface area contributed by atoms with Crippen LogP contribution in [0.3, 0.4) is 0 Å². The van der Waals surface area contributed by atoms with Gasteiger partial charge in [0, 0.05) is 22.9 Å². The molecule has 2 N–H and O–H groups in total. The number of pyridine rings is 1. The van der Waals surface area contributed by atoms with E-state index in [1.807, 2.05) is 47.8 Å². The number of nitrogens with zero attached hydrogens (tertiary/aromatic N) is 1. The van der Waals surface area contributed by atoms with Gasteiger partial charge < -0.3 is 10.4 Å². The van der Waals surface area contributed by atoms with E-state index in [2.05, 4.69) is 5.32 Å². The number of nitrogens with one attached hydrogen (secondary N) is 1. The van der Waals surface area contributed by atoms with Crippen LogP contribution in [0.2, 0.25) is 0 Å². The largest absolute Gasteiger partial charge is 0.396 e. The van der Waals surface area contributed by atoms with E-state index < -0.39 is 0 Å². The van der Waals surface area contributed by atoms with Crippen molar-refractivity contribution in [3.63, 3.8) is 0 Å². The molecule has 0 spiro atoms. The molecule has 1 aromatic carbocycles. The van der Waals surface area contributed by atoms with Crippen LogP contribution in [0, 0.1) is 5.41 Å². The van der Waals surface area contributed by atoms with E-state index in [0.717, 1.165) is 40.7 Å². The Morgan fingerprint density at radius 3 is 2.72 bits per heavy atom. The lowest BCUT2D eigenvalue weighted by molar-refractivity contribution is -0.172. The topological polar surface area (TPSA) is 62.2 Å². The molecule has 3 aliphatic rings. The SMILES string of the molecule is O=C(NC12CC(CO)(C1)C2)c1cc(-c2cccs2)nc2ccccc12. The lowest BCUT2D eigenvalue weighted by atomic mass is 9.39. The first-order valence-electron chi connectivity index (χ1n) is 8.49. The van der Waals surface area contributed by atoms with Crippen LogP contribution < -0.4 is 5.32 Å². The monoisotopic (exact) mass is 350 g/mol. The molecule has 3 saturated carbocycles. The molecule has 3 fully saturated rings. The number of hydrogen-bond acceptors (Lipinski definition) is 4. The fourth-order valence-corrected chi connectivity index (χ4v) is 5.21. The number of aliphatic hydroxyl groups excluding tert-OH is 1. The minimum absolute atomic E-state index is 0.0392. The highest BCUT2D eigenvalue weighted by atomic mass is 32.1. The first-order valence-corrected chi connectivity index (χ1v) is 9.37. The molecule has 0 aliphatic heterocycles. The fraction of sp³-hybridized carbons (Fsp3) is 0.300. The molecule has 25 heavy (non-hydrogen) atoms. The van der Waals surface area contributed by atoms with Crippen LogP contribution in [-0.2, 0) is 0 Å². The lowest BCUT2D eigenvalue weighted by Crippen LogP contribution is -2.75. The molecule has 2 heterocycles. The molecule has 4 nitrogen and oxygen atoms in total. The van der Waals surface area contributed by atoms with Crippen molar-refractivity contribution < 1.29 is 9.90 Å². The second-order valence-electron chi connectivity index (χ2n) is 7.47. The summed E-state index contributed by atoms with van der Waals surface area (Å²) >= 11 is 1.62. The zero-order valence-corrected chi connectivity index (χ0v) is 14.5. The Balaban J connectivity index is 1.52. The van der Waals surface area contributed by atoms with Gasteiger partial charge in [-0.15, -0.1) is 11.3 Å². The van der Waals surface area contributed by atoms with Crippen molar-refractivity contribution in [2.75, 3.05) is 6.61 Å². The fourth-order valence-electron chi connectivity index (χ4n) is 4.52. The summed E-state index contributed by atoms with van der Waals surface area (Å²) in [5, 5.41) is 15.5. The summed E-state index contributed by atoms with van der Waals surface area (Å²) in [6.07, 6.45) is 2.68. The van der Waals surface area contributed by atoms with E-state index >= 15 is 0 Å². The molecule has 2 aromatic heterocycles. The quantitative estimate of drug-likeness (QED) is 0.756. The average molecular weight is 350 g/mol. The van der Waals surface area contributed by atoms with Gasteiger partial charge >= 0.3 is 0 Å². The van der Waals surface area contributed by atoms with Gasteiger partial charge in [0.1, 0.15) is 0 Å². The zero-order valence-electron chi connectivity index (χ0n) is 13.7. The third-order valence-corrected chi connectivity index (χ3v) is 6.48. The van der Waals surface area contributed by atoms with Gasteiger partial charge in [-0.25, -0.2) is 4.98 Å².